The number of hydrogen-bond acceptors (Lipinski definition) is 4. The Labute approximate surface area is 133 Å². The van der Waals surface area contributed by atoms with E-state index in [1.54, 1.807) is 11.3 Å². The van der Waals surface area contributed by atoms with Crippen molar-refractivity contribution >= 4 is 27.3 Å². The number of ether oxygens (including phenoxy) is 2. The first-order valence-corrected chi connectivity index (χ1v) is 8.12. The second-order valence-corrected chi connectivity index (χ2v) is 7.09. The zero-order chi connectivity index (χ0) is 14.2. The minimum atomic E-state index is 0.589. The van der Waals surface area contributed by atoms with Crippen LogP contribution in [0.25, 0.3) is 21.8 Å². The van der Waals surface area contributed by atoms with Crippen LogP contribution in [-0.2, 0) is 0 Å². The normalized spacial score (nSPS) is 13.4. The number of aromatic amines is 1. The van der Waals surface area contributed by atoms with Crippen LogP contribution in [0.3, 0.4) is 0 Å². The number of nitrogens with one attached hydrogen (secondary N) is 1. The first kappa shape index (κ1) is 12.9. The van der Waals surface area contributed by atoms with E-state index >= 15 is 0 Å². The second-order valence-electron chi connectivity index (χ2n) is 4.63. The van der Waals surface area contributed by atoms with Crippen molar-refractivity contribution in [3.05, 3.63) is 40.2 Å². The van der Waals surface area contributed by atoms with Gasteiger partial charge < -0.3 is 9.47 Å². The highest BCUT2D eigenvalue weighted by Crippen LogP contribution is 2.36. The number of thiophene rings is 1. The number of aromatic nitrogens is 2. The van der Waals surface area contributed by atoms with Crippen LogP contribution in [0.4, 0.5) is 0 Å². The largest absolute Gasteiger partial charge is 0.486 e. The Morgan fingerprint density at radius 2 is 1.90 bits per heavy atom. The minimum Gasteiger partial charge on any atom is -0.486 e. The van der Waals surface area contributed by atoms with Crippen LogP contribution in [0.2, 0.25) is 0 Å². The fourth-order valence-electron chi connectivity index (χ4n) is 2.26. The van der Waals surface area contributed by atoms with Crippen molar-refractivity contribution in [2.45, 2.75) is 0 Å². The van der Waals surface area contributed by atoms with Crippen molar-refractivity contribution in [2.24, 2.45) is 0 Å². The summed E-state index contributed by atoms with van der Waals surface area (Å²) >= 11 is 5.15. The van der Waals surface area contributed by atoms with Crippen LogP contribution in [0.5, 0.6) is 11.5 Å². The number of nitrogens with zero attached hydrogens (tertiary/aromatic N) is 1. The topological polar surface area (TPSA) is 47.1 Å². The van der Waals surface area contributed by atoms with E-state index in [0.29, 0.717) is 13.2 Å². The lowest BCUT2D eigenvalue weighted by Crippen LogP contribution is -2.15. The molecule has 0 unspecified atom stereocenters. The second kappa shape index (κ2) is 5.20. The lowest BCUT2D eigenvalue weighted by atomic mass is 10.1. The van der Waals surface area contributed by atoms with E-state index in [1.807, 2.05) is 30.3 Å². The number of halogens is 1. The molecule has 2 aromatic heterocycles. The Kier molecular flexibility index (Phi) is 3.20. The molecule has 4 rings (SSSR count). The number of rotatable bonds is 2. The minimum absolute atomic E-state index is 0.589. The molecule has 1 aliphatic rings. The summed E-state index contributed by atoms with van der Waals surface area (Å²) in [6, 6.07) is 12.0. The van der Waals surface area contributed by atoms with E-state index in [9.17, 15) is 0 Å². The first-order chi connectivity index (χ1) is 10.3. The van der Waals surface area contributed by atoms with E-state index in [0.717, 1.165) is 37.1 Å². The lowest BCUT2D eigenvalue weighted by Gasteiger charge is -2.18. The maximum atomic E-state index is 5.61. The van der Waals surface area contributed by atoms with Crippen molar-refractivity contribution in [1.82, 2.24) is 10.2 Å². The Morgan fingerprint density at radius 3 is 2.71 bits per heavy atom. The summed E-state index contributed by atoms with van der Waals surface area (Å²) in [6.07, 6.45) is 0. The molecule has 0 amide bonds. The predicted molar refractivity (Wildman–Crippen MR) is 86.0 cm³/mol. The third-order valence-electron chi connectivity index (χ3n) is 3.25. The molecule has 0 saturated heterocycles. The first-order valence-electron chi connectivity index (χ1n) is 6.51. The average Bonchev–Trinajstić information content (AvgIpc) is 3.15. The Bertz CT molecular complexity index is 797. The van der Waals surface area contributed by atoms with Crippen LogP contribution in [0, 0.1) is 0 Å². The monoisotopic (exact) mass is 362 g/mol. The molecule has 4 nitrogen and oxygen atoms in total. The molecule has 21 heavy (non-hydrogen) atoms. The Hall–Kier alpha value is -1.79. The number of fused-ring (bicyclic) bond motifs is 1. The average molecular weight is 363 g/mol. The standard InChI is InChI=1S/C15H11BrN2O2S/c16-15-4-3-14(21-15)11-8-10(17-18-11)9-1-2-12-13(7-9)20-6-5-19-12/h1-4,7-8H,5-6H2,(H,17,18). The van der Waals surface area contributed by atoms with Crippen LogP contribution in [0.15, 0.2) is 40.2 Å². The maximum absolute atomic E-state index is 5.61. The van der Waals surface area contributed by atoms with Crippen molar-refractivity contribution < 1.29 is 9.47 Å². The van der Waals surface area contributed by atoms with E-state index in [2.05, 4.69) is 32.2 Å². The highest BCUT2D eigenvalue weighted by atomic mass is 79.9. The van der Waals surface area contributed by atoms with Gasteiger partial charge in [-0.1, -0.05) is 0 Å². The summed E-state index contributed by atoms with van der Waals surface area (Å²) in [5.74, 6) is 1.57. The smallest absolute Gasteiger partial charge is 0.162 e. The molecule has 0 saturated carbocycles. The zero-order valence-corrected chi connectivity index (χ0v) is 13.3. The van der Waals surface area contributed by atoms with Gasteiger partial charge in [-0.25, -0.2) is 0 Å². The number of benzene rings is 1. The van der Waals surface area contributed by atoms with Gasteiger partial charge in [-0.3, -0.25) is 5.10 Å². The number of H-pyrrole nitrogens is 1. The van der Waals surface area contributed by atoms with Gasteiger partial charge in [0.05, 0.1) is 20.1 Å². The van der Waals surface area contributed by atoms with Gasteiger partial charge in [-0.15, -0.1) is 11.3 Å². The highest BCUT2D eigenvalue weighted by Gasteiger charge is 2.14. The molecule has 6 heteroatoms. The van der Waals surface area contributed by atoms with E-state index in [-0.39, 0.29) is 0 Å². The molecule has 3 heterocycles. The van der Waals surface area contributed by atoms with E-state index in [1.165, 1.54) is 0 Å². The molecular weight excluding hydrogens is 352 g/mol. The van der Waals surface area contributed by atoms with Gasteiger partial charge in [0, 0.05) is 5.56 Å². The molecule has 106 valence electrons. The van der Waals surface area contributed by atoms with Crippen molar-refractivity contribution in [2.75, 3.05) is 13.2 Å². The summed E-state index contributed by atoms with van der Waals surface area (Å²) in [4.78, 5) is 1.15. The fourth-order valence-corrected chi connectivity index (χ4v) is 3.61. The van der Waals surface area contributed by atoms with Gasteiger partial charge >= 0.3 is 0 Å². The molecule has 3 aromatic rings. The van der Waals surface area contributed by atoms with Gasteiger partial charge in [0.25, 0.3) is 0 Å². The van der Waals surface area contributed by atoms with Gasteiger partial charge in [-0.2, -0.15) is 5.10 Å². The Morgan fingerprint density at radius 1 is 1.05 bits per heavy atom. The highest BCUT2D eigenvalue weighted by molar-refractivity contribution is 9.11. The summed E-state index contributed by atoms with van der Waals surface area (Å²) in [6.45, 7) is 1.19. The quantitative estimate of drug-likeness (QED) is 0.737. The van der Waals surface area contributed by atoms with Crippen molar-refractivity contribution in [3.8, 4) is 33.3 Å². The zero-order valence-electron chi connectivity index (χ0n) is 10.9. The lowest BCUT2D eigenvalue weighted by molar-refractivity contribution is 0.171. The molecule has 0 spiro atoms. The third kappa shape index (κ3) is 2.45. The van der Waals surface area contributed by atoms with Crippen LogP contribution >= 0.6 is 27.3 Å². The number of hydrogen-bond donors (Lipinski definition) is 1. The molecule has 1 aliphatic heterocycles. The van der Waals surface area contributed by atoms with Crippen molar-refractivity contribution in [1.29, 1.82) is 0 Å². The summed E-state index contributed by atoms with van der Waals surface area (Å²) in [5.41, 5.74) is 2.92. The SMILES string of the molecule is Brc1ccc(-c2cc(-c3ccc4c(c3)OCCO4)n[nH]2)s1. The maximum Gasteiger partial charge on any atom is 0.162 e. The Balaban J connectivity index is 1.69. The molecule has 0 fully saturated rings. The molecule has 1 aromatic carbocycles. The summed E-state index contributed by atoms with van der Waals surface area (Å²) < 4.78 is 12.3. The van der Waals surface area contributed by atoms with Gasteiger partial charge in [0.15, 0.2) is 11.5 Å². The molecule has 0 aliphatic carbocycles. The molecule has 1 N–H and O–H groups in total. The van der Waals surface area contributed by atoms with Crippen molar-refractivity contribution in [3.63, 3.8) is 0 Å². The predicted octanol–water partition coefficient (Wildman–Crippen LogP) is 4.34. The molecular formula is C15H11BrN2O2S. The van der Waals surface area contributed by atoms with Crippen LogP contribution in [0.1, 0.15) is 0 Å². The molecule has 0 radical (unpaired) electrons. The summed E-state index contributed by atoms with van der Waals surface area (Å²) in [5, 5.41) is 7.47. The van der Waals surface area contributed by atoms with Gasteiger partial charge in [-0.05, 0) is 52.3 Å². The van der Waals surface area contributed by atoms with E-state index < -0.39 is 0 Å². The summed E-state index contributed by atoms with van der Waals surface area (Å²) in [7, 11) is 0. The third-order valence-corrected chi connectivity index (χ3v) is 4.91. The van der Waals surface area contributed by atoms with Gasteiger partial charge in [0.2, 0.25) is 0 Å². The van der Waals surface area contributed by atoms with Crippen LogP contribution < -0.4 is 9.47 Å². The van der Waals surface area contributed by atoms with E-state index in [4.69, 9.17) is 9.47 Å². The molecule has 0 bridgehead atoms. The van der Waals surface area contributed by atoms with Gasteiger partial charge in [0.1, 0.15) is 13.2 Å². The molecule has 0 atom stereocenters. The fraction of sp³-hybridized carbons (Fsp3) is 0.133. The van der Waals surface area contributed by atoms with Crippen LogP contribution in [-0.4, -0.2) is 23.4 Å².